The van der Waals surface area contributed by atoms with Crippen LogP contribution in [0.15, 0.2) is 170 Å². The van der Waals surface area contributed by atoms with Gasteiger partial charge in [0.15, 0.2) is 0 Å². The lowest BCUT2D eigenvalue weighted by Gasteiger charge is -2.61. The van der Waals surface area contributed by atoms with Gasteiger partial charge < -0.3 is 9.13 Å². The van der Waals surface area contributed by atoms with Crippen LogP contribution in [0.1, 0.15) is 43.2 Å². The first-order valence-corrected chi connectivity index (χ1v) is 21.5. The third-order valence-corrected chi connectivity index (χ3v) is 15.4. The van der Waals surface area contributed by atoms with Gasteiger partial charge in [-0.15, -0.1) is 0 Å². The fraction of sp³-hybridized carbons (Fsp3) is 0.179. The zero-order chi connectivity index (χ0) is 37.7. The molecule has 2 heteroatoms. The van der Waals surface area contributed by atoms with Crippen molar-refractivity contribution in [3.8, 4) is 33.6 Å². The molecule has 0 unspecified atom stereocenters. The van der Waals surface area contributed by atoms with E-state index >= 15 is 0 Å². The second-order valence-electron chi connectivity index (χ2n) is 18.2. The maximum atomic E-state index is 2.65. The van der Waals surface area contributed by atoms with Gasteiger partial charge in [-0.2, -0.15) is 0 Å². The van der Waals surface area contributed by atoms with E-state index in [1.807, 2.05) is 0 Å². The van der Waals surface area contributed by atoms with E-state index in [1.165, 1.54) is 120 Å². The molecule has 0 atom stereocenters. The van der Waals surface area contributed by atoms with Crippen LogP contribution in [0.2, 0.25) is 0 Å². The largest absolute Gasteiger partial charge is 0.309 e. The van der Waals surface area contributed by atoms with Crippen molar-refractivity contribution in [2.75, 3.05) is 0 Å². The van der Waals surface area contributed by atoms with Gasteiger partial charge in [-0.1, -0.05) is 103 Å². The summed E-state index contributed by atoms with van der Waals surface area (Å²) in [5, 5.41) is 7.74. The number of nitrogens with zero attached hydrogens (tertiary/aromatic N) is 2. The molecule has 2 heterocycles. The summed E-state index contributed by atoms with van der Waals surface area (Å²) in [6.07, 6.45) is 7.06. The minimum Gasteiger partial charge on any atom is -0.309 e. The Kier molecular flexibility index (Phi) is 6.22. The fourth-order valence-electron chi connectivity index (χ4n) is 13.5. The highest BCUT2D eigenvalue weighted by molar-refractivity contribution is 6.15. The average Bonchev–Trinajstić information content (AvgIpc) is 3.88. The molecule has 15 rings (SSSR count). The maximum absolute atomic E-state index is 2.65. The smallest absolute Gasteiger partial charge is 0.0547 e. The molecular formula is C56H42N2. The van der Waals surface area contributed by atoms with Crippen molar-refractivity contribution in [2.45, 2.75) is 37.5 Å². The van der Waals surface area contributed by atoms with E-state index < -0.39 is 0 Å². The minimum absolute atomic E-state index is 0.135. The van der Waals surface area contributed by atoms with E-state index in [1.54, 1.807) is 11.1 Å². The molecule has 4 saturated carbocycles. The van der Waals surface area contributed by atoms with Crippen molar-refractivity contribution in [2.24, 2.45) is 23.7 Å². The van der Waals surface area contributed by atoms with Gasteiger partial charge in [0.05, 0.1) is 22.1 Å². The van der Waals surface area contributed by atoms with Crippen LogP contribution in [0.5, 0.6) is 0 Å². The van der Waals surface area contributed by atoms with E-state index in [4.69, 9.17) is 0 Å². The van der Waals surface area contributed by atoms with E-state index in [-0.39, 0.29) is 5.41 Å². The van der Waals surface area contributed by atoms with Crippen molar-refractivity contribution in [3.05, 3.63) is 181 Å². The topological polar surface area (TPSA) is 9.86 Å². The second-order valence-corrected chi connectivity index (χ2v) is 18.2. The lowest BCUT2D eigenvalue weighted by atomic mass is 9.43. The third kappa shape index (κ3) is 4.08. The molecule has 0 N–H and O–H groups in total. The van der Waals surface area contributed by atoms with Crippen LogP contribution in [0.4, 0.5) is 0 Å². The number of para-hydroxylation sites is 2. The fourth-order valence-corrected chi connectivity index (χ4v) is 13.5. The van der Waals surface area contributed by atoms with Gasteiger partial charge in [-0.05, 0) is 167 Å². The molecule has 4 bridgehead atoms. The first-order chi connectivity index (χ1) is 28.7. The Morgan fingerprint density at radius 3 is 1.69 bits per heavy atom. The van der Waals surface area contributed by atoms with Gasteiger partial charge in [0, 0.05) is 38.3 Å². The molecule has 5 aliphatic carbocycles. The Morgan fingerprint density at radius 2 is 0.931 bits per heavy atom. The van der Waals surface area contributed by atoms with Crippen molar-refractivity contribution in [3.63, 3.8) is 0 Å². The normalized spacial score (nSPS) is 22.9. The van der Waals surface area contributed by atoms with Crippen LogP contribution in [0, 0.1) is 23.7 Å². The van der Waals surface area contributed by atoms with Gasteiger partial charge in [-0.25, -0.2) is 0 Å². The summed E-state index contributed by atoms with van der Waals surface area (Å²) < 4.78 is 4.99. The Hall–Kier alpha value is -6.38. The number of aromatic nitrogens is 2. The highest BCUT2D eigenvalue weighted by Crippen LogP contribution is 2.69. The van der Waals surface area contributed by atoms with Crippen molar-refractivity contribution in [1.82, 2.24) is 9.13 Å². The highest BCUT2D eigenvalue weighted by atomic mass is 15.0. The monoisotopic (exact) mass is 742 g/mol. The summed E-state index contributed by atoms with van der Waals surface area (Å²) in [6, 6.07) is 64.7. The van der Waals surface area contributed by atoms with Crippen LogP contribution in [-0.4, -0.2) is 9.13 Å². The molecule has 276 valence electrons. The Labute approximate surface area is 338 Å². The number of hydrogen-bond acceptors (Lipinski definition) is 0. The molecule has 0 radical (unpaired) electrons. The second kappa shape index (κ2) is 11.4. The van der Waals surface area contributed by atoms with Crippen molar-refractivity contribution in [1.29, 1.82) is 0 Å². The summed E-state index contributed by atoms with van der Waals surface area (Å²) in [7, 11) is 0. The van der Waals surface area contributed by atoms with Crippen LogP contribution >= 0.6 is 0 Å². The minimum atomic E-state index is 0.135. The van der Waals surface area contributed by atoms with Crippen molar-refractivity contribution < 1.29 is 0 Å². The van der Waals surface area contributed by atoms with Gasteiger partial charge >= 0.3 is 0 Å². The van der Waals surface area contributed by atoms with Gasteiger partial charge in [0.25, 0.3) is 0 Å². The predicted molar refractivity (Wildman–Crippen MR) is 241 cm³/mol. The number of rotatable bonds is 3. The Balaban J connectivity index is 0.985. The summed E-state index contributed by atoms with van der Waals surface area (Å²) in [5.41, 5.74) is 16.3. The highest BCUT2D eigenvalue weighted by Gasteiger charge is 2.61. The first kappa shape index (κ1) is 31.7. The number of fused-ring (bicyclic) bond motifs is 10. The van der Waals surface area contributed by atoms with Crippen LogP contribution in [0.25, 0.3) is 88.0 Å². The van der Waals surface area contributed by atoms with Crippen molar-refractivity contribution >= 4 is 54.4 Å². The molecule has 0 aliphatic heterocycles. The number of benzene rings is 8. The quantitative estimate of drug-likeness (QED) is 0.171. The van der Waals surface area contributed by atoms with E-state index in [9.17, 15) is 0 Å². The zero-order valence-electron chi connectivity index (χ0n) is 32.4. The molecule has 2 aromatic heterocycles. The lowest BCUT2D eigenvalue weighted by molar-refractivity contribution is -0.0399. The molecular weight excluding hydrogens is 701 g/mol. The predicted octanol–water partition coefficient (Wildman–Crippen LogP) is 14.4. The van der Waals surface area contributed by atoms with Gasteiger partial charge in [0.1, 0.15) is 0 Å². The van der Waals surface area contributed by atoms with E-state index in [0.29, 0.717) is 0 Å². The van der Waals surface area contributed by atoms with Crippen LogP contribution < -0.4 is 0 Å². The summed E-state index contributed by atoms with van der Waals surface area (Å²) in [6.45, 7) is 0. The molecule has 4 fully saturated rings. The summed E-state index contributed by atoms with van der Waals surface area (Å²) in [5.74, 6) is 3.33. The molecule has 0 saturated heterocycles. The SMILES string of the molecule is c1ccc(-n2c3ccccc3c3cc(-c4ccc5c(c4)c4cc6ccccc6cc4n5-c4ccc5c(c4)C4(c6ccccc6-5)C5CC6CC(C5)CC4C6)ccc32)cc1. The molecule has 2 nitrogen and oxygen atoms in total. The Morgan fingerprint density at radius 1 is 0.362 bits per heavy atom. The van der Waals surface area contributed by atoms with Gasteiger partial charge in [-0.3, -0.25) is 0 Å². The average molecular weight is 743 g/mol. The van der Waals surface area contributed by atoms with E-state index in [0.717, 1.165) is 23.7 Å². The summed E-state index contributed by atoms with van der Waals surface area (Å²) >= 11 is 0. The molecule has 58 heavy (non-hydrogen) atoms. The van der Waals surface area contributed by atoms with Gasteiger partial charge in [0.2, 0.25) is 0 Å². The molecule has 8 aromatic carbocycles. The van der Waals surface area contributed by atoms with E-state index in [2.05, 4.69) is 179 Å². The molecule has 1 spiro atoms. The van der Waals surface area contributed by atoms with Crippen LogP contribution in [-0.2, 0) is 5.41 Å². The zero-order valence-corrected chi connectivity index (χ0v) is 32.4. The lowest BCUT2D eigenvalue weighted by Crippen LogP contribution is -2.55. The van der Waals surface area contributed by atoms with Crippen LogP contribution in [0.3, 0.4) is 0 Å². The molecule has 5 aliphatic rings. The number of hydrogen-bond donors (Lipinski definition) is 0. The summed E-state index contributed by atoms with van der Waals surface area (Å²) in [4.78, 5) is 0. The standard InChI is InChI=1S/C56H42N2/c1-2-12-42(13-3-1)57-52-17-9-7-15-46(52)47-30-38(18-22-53(47)57)39-19-23-54-48(31-39)49-29-36-10-4-5-11-37(36)32-55(49)58(54)43-20-21-45-44-14-6-8-16-50(44)56(51(45)33-43)40-25-34-24-35(27-40)28-41(56)26-34/h1-23,29-35,40-41H,24-28H2. The molecule has 10 aromatic rings. The maximum Gasteiger partial charge on any atom is 0.0547 e. The third-order valence-electron chi connectivity index (χ3n) is 15.4. The molecule has 0 amide bonds. The first-order valence-electron chi connectivity index (χ1n) is 21.5. The Bertz CT molecular complexity index is 3330.